The lowest BCUT2D eigenvalue weighted by atomic mass is 10.2. The third-order valence-electron chi connectivity index (χ3n) is 3.67. The van der Waals surface area contributed by atoms with Crippen molar-refractivity contribution in [1.29, 1.82) is 0 Å². The van der Waals surface area contributed by atoms with Crippen LogP contribution in [0.15, 0.2) is 0 Å². The zero-order valence-electron chi connectivity index (χ0n) is 13.0. The van der Waals surface area contributed by atoms with Crippen LogP contribution in [0.2, 0.25) is 0 Å². The number of ether oxygens (including phenoxy) is 3. The zero-order chi connectivity index (χ0) is 17.0. The molecule has 2 atom stereocenters. The molecule has 23 heavy (non-hydrogen) atoms. The van der Waals surface area contributed by atoms with Gasteiger partial charge < -0.3 is 19.1 Å². The van der Waals surface area contributed by atoms with Crippen LogP contribution in [0.25, 0.3) is 0 Å². The highest BCUT2D eigenvalue weighted by Gasteiger charge is 2.58. The molecule has 0 aromatic heterocycles. The van der Waals surface area contributed by atoms with Gasteiger partial charge in [0.1, 0.15) is 18.3 Å². The van der Waals surface area contributed by atoms with E-state index in [2.05, 4.69) is 9.47 Å². The van der Waals surface area contributed by atoms with E-state index in [1.54, 1.807) is 0 Å². The van der Waals surface area contributed by atoms with E-state index in [-0.39, 0.29) is 12.2 Å². The van der Waals surface area contributed by atoms with Crippen LogP contribution in [0.3, 0.4) is 0 Å². The van der Waals surface area contributed by atoms with E-state index < -0.39 is 32.0 Å². The maximum atomic E-state index is 11.8. The third-order valence-corrected chi connectivity index (χ3v) is 4.63. The number of hydrogen-bond donors (Lipinski definition) is 0. The molecule has 2 aliphatic rings. The molecule has 0 aliphatic heterocycles. The molecule has 128 valence electrons. The Kier molecular flexibility index (Phi) is 5.73. The van der Waals surface area contributed by atoms with Crippen molar-refractivity contribution in [2.75, 3.05) is 13.7 Å². The van der Waals surface area contributed by atoms with Crippen molar-refractivity contribution in [3.05, 3.63) is 0 Å². The Labute approximate surface area is 134 Å². The lowest BCUT2D eigenvalue weighted by Crippen LogP contribution is -2.26. The topological polar surface area (TPSA) is 111 Å². The average Bonchev–Trinajstić information content (AvgIpc) is 3.35. The van der Waals surface area contributed by atoms with Gasteiger partial charge in [-0.2, -0.15) is 4.52 Å². The summed E-state index contributed by atoms with van der Waals surface area (Å²) in [5.74, 6) is -1.78. The molecule has 2 saturated carbocycles. The SMILES string of the molecule is COC(=O)C(=O)OCC(C)OC(=O)/C=[P+](\[O-])OC1(C2CC2)CC1. The largest absolute Gasteiger partial charge is 0.603 e. The molecule has 0 saturated heterocycles. The molecule has 2 unspecified atom stereocenters. The first-order valence-electron chi connectivity index (χ1n) is 7.32. The lowest BCUT2D eigenvalue weighted by molar-refractivity contribution is -0.178. The summed E-state index contributed by atoms with van der Waals surface area (Å²) in [5.41, 5.74) is -0.300. The van der Waals surface area contributed by atoms with Crippen molar-refractivity contribution in [2.45, 2.75) is 44.3 Å². The average molecular weight is 346 g/mol. The normalized spacial score (nSPS) is 20.4. The Hall–Kier alpha value is -1.50. The van der Waals surface area contributed by atoms with Gasteiger partial charge in [-0.15, -0.1) is 0 Å². The highest BCUT2D eigenvalue weighted by Crippen LogP contribution is 2.58. The van der Waals surface area contributed by atoms with Gasteiger partial charge in [-0.3, -0.25) is 0 Å². The van der Waals surface area contributed by atoms with Crippen molar-refractivity contribution in [3.63, 3.8) is 0 Å². The minimum atomic E-state index is -2.23. The molecular weight excluding hydrogens is 327 g/mol. The van der Waals surface area contributed by atoms with Crippen LogP contribution in [0.4, 0.5) is 0 Å². The summed E-state index contributed by atoms with van der Waals surface area (Å²) in [6.45, 7) is 1.16. The molecule has 9 heteroatoms. The van der Waals surface area contributed by atoms with E-state index >= 15 is 0 Å². The molecule has 0 N–H and O–H groups in total. The van der Waals surface area contributed by atoms with Crippen LogP contribution in [0.5, 0.6) is 0 Å². The predicted octanol–water partition coefficient (Wildman–Crippen LogP) is 0.0679. The quantitative estimate of drug-likeness (QED) is 0.275. The summed E-state index contributed by atoms with van der Waals surface area (Å²) < 4.78 is 19.1. The van der Waals surface area contributed by atoms with E-state index in [9.17, 15) is 19.3 Å². The molecule has 0 heterocycles. The fourth-order valence-corrected chi connectivity index (χ4v) is 3.17. The third kappa shape index (κ3) is 5.27. The fourth-order valence-electron chi connectivity index (χ4n) is 2.20. The Morgan fingerprint density at radius 1 is 1.30 bits per heavy atom. The number of esters is 3. The van der Waals surface area contributed by atoms with Gasteiger partial charge in [0.25, 0.3) is 0 Å². The Morgan fingerprint density at radius 2 is 1.96 bits per heavy atom. The number of carbonyl (C=O) groups excluding carboxylic acids is 3. The van der Waals surface area contributed by atoms with Gasteiger partial charge in [-0.05, 0) is 38.5 Å². The van der Waals surface area contributed by atoms with Gasteiger partial charge in [-0.25, -0.2) is 14.4 Å². The molecule has 0 aromatic rings. The maximum absolute atomic E-state index is 11.8. The highest BCUT2D eigenvalue weighted by molar-refractivity contribution is 7.47. The van der Waals surface area contributed by atoms with Gasteiger partial charge in [0.2, 0.25) is 13.8 Å². The number of rotatable bonds is 7. The predicted molar refractivity (Wildman–Crippen MR) is 77.3 cm³/mol. The first-order valence-corrected chi connectivity index (χ1v) is 8.57. The standard InChI is InChI=1S/C14H19O8P/c1-9(7-20-13(17)12(16)19-2)21-11(15)8-23(18)22-14(5-6-14)10-3-4-10/h8-10H,3-7H2,1-2H3. The Bertz CT molecular complexity index is 521. The number of carbonyl (C=O) groups is 3. The summed E-state index contributed by atoms with van der Waals surface area (Å²) in [6.07, 6.45) is 3.12. The van der Waals surface area contributed by atoms with Crippen LogP contribution >= 0.6 is 8.00 Å². The molecule has 0 spiro atoms. The number of hydrogen-bond acceptors (Lipinski definition) is 8. The van der Waals surface area contributed by atoms with E-state index in [0.717, 1.165) is 38.6 Å². The van der Waals surface area contributed by atoms with Crippen molar-refractivity contribution in [3.8, 4) is 0 Å². The molecule has 0 radical (unpaired) electrons. The smallest absolute Gasteiger partial charge is 0.417 e. The maximum Gasteiger partial charge on any atom is 0.417 e. The number of methoxy groups -OCH3 is 1. The van der Waals surface area contributed by atoms with Crippen molar-refractivity contribution >= 4 is 31.7 Å². The van der Waals surface area contributed by atoms with Gasteiger partial charge in [-0.1, -0.05) is 0 Å². The van der Waals surface area contributed by atoms with Crippen molar-refractivity contribution < 1.29 is 38.0 Å². The minimum Gasteiger partial charge on any atom is -0.603 e. The first kappa shape index (κ1) is 17.8. The van der Waals surface area contributed by atoms with E-state index in [4.69, 9.17) is 9.26 Å². The van der Waals surface area contributed by atoms with Gasteiger partial charge in [0, 0.05) is 0 Å². The van der Waals surface area contributed by atoms with Crippen LogP contribution in [0, 0.1) is 5.92 Å². The van der Waals surface area contributed by atoms with Crippen LogP contribution in [-0.4, -0.2) is 49.1 Å². The van der Waals surface area contributed by atoms with E-state index in [1.807, 2.05) is 0 Å². The zero-order valence-corrected chi connectivity index (χ0v) is 13.9. The summed E-state index contributed by atoms with van der Waals surface area (Å²) >= 11 is 0. The summed E-state index contributed by atoms with van der Waals surface area (Å²) in [5, 5.41) is 0. The molecule has 2 rings (SSSR count). The second-order valence-electron chi connectivity index (χ2n) is 5.68. The molecule has 0 amide bonds. The molecule has 8 nitrogen and oxygen atoms in total. The van der Waals surface area contributed by atoms with Crippen LogP contribution in [0.1, 0.15) is 32.6 Å². The lowest BCUT2D eigenvalue weighted by Gasteiger charge is -2.12. The Balaban J connectivity index is 1.71. The fraction of sp³-hybridized carbons (Fsp3) is 0.714. The van der Waals surface area contributed by atoms with Gasteiger partial charge in [0.15, 0.2) is 0 Å². The summed E-state index contributed by atoms with van der Waals surface area (Å²) in [4.78, 5) is 45.3. The Morgan fingerprint density at radius 3 is 2.48 bits per heavy atom. The summed E-state index contributed by atoms with van der Waals surface area (Å²) in [6, 6.07) is 0. The molecule has 2 aliphatic carbocycles. The second-order valence-corrected chi connectivity index (χ2v) is 6.69. The van der Waals surface area contributed by atoms with Crippen LogP contribution in [-0.2, 0) is 33.1 Å². The monoisotopic (exact) mass is 346 g/mol. The van der Waals surface area contributed by atoms with Gasteiger partial charge >= 0.3 is 17.9 Å². The van der Waals surface area contributed by atoms with Crippen LogP contribution < -0.4 is 4.89 Å². The van der Waals surface area contributed by atoms with Gasteiger partial charge in [0.05, 0.1) is 7.11 Å². The van der Waals surface area contributed by atoms with Crippen molar-refractivity contribution in [1.82, 2.24) is 0 Å². The van der Waals surface area contributed by atoms with E-state index in [1.165, 1.54) is 6.92 Å². The molecular formula is C14H19O8P. The molecule has 0 aromatic carbocycles. The molecule has 0 bridgehead atoms. The highest BCUT2D eigenvalue weighted by atomic mass is 31.1. The molecule has 2 fully saturated rings. The minimum absolute atomic E-state index is 0.300. The first-order chi connectivity index (χ1) is 10.9. The van der Waals surface area contributed by atoms with E-state index in [0.29, 0.717) is 5.92 Å². The second kappa shape index (κ2) is 7.38. The summed E-state index contributed by atoms with van der Waals surface area (Å²) in [7, 11) is -1.19. The van der Waals surface area contributed by atoms with Crippen molar-refractivity contribution in [2.24, 2.45) is 5.92 Å².